The molecule has 1 N–H and O–H groups in total. The van der Waals surface area contributed by atoms with Crippen molar-refractivity contribution in [2.45, 2.75) is 0 Å². The number of halogens is 3. The van der Waals surface area contributed by atoms with Crippen LogP contribution in [0.15, 0.2) is 52.1 Å². The Bertz CT molecular complexity index is 710. The normalized spacial score (nSPS) is 10.7. The zero-order valence-corrected chi connectivity index (χ0v) is 13.6. The van der Waals surface area contributed by atoms with Crippen LogP contribution in [0, 0.1) is 5.82 Å². The van der Waals surface area contributed by atoms with Crippen LogP contribution >= 0.6 is 27.5 Å². The lowest BCUT2D eigenvalue weighted by Gasteiger charge is -2.05. The summed E-state index contributed by atoms with van der Waals surface area (Å²) in [7, 11) is 0. The first-order chi connectivity index (χ1) is 10.6. The van der Waals surface area contributed by atoms with Gasteiger partial charge in [-0.1, -0.05) is 50.9 Å². The maximum atomic E-state index is 13.0. The fourth-order valence-corrected chi connectivity index (χ4v) is 2.11. The van der Waals surface area contributed by atoms with Crippen LogP contribution in [0.4, 0.5) is 10.1 Å². The first-order valence-electron chi connectivity index (χ1n) is 6.21. The van der Waals surface area contributed by atoms with Crippen LogP contribution < -0.4 is 5.32 Å². The van der Waals surface area contributed by atoms with Gasteiger partial charge in [0.15, 0.2) is 6.61 Å². The van der Waals surface area contributed by atoms with E-state index in [2.05, 4.69) is 26.4 Å². The van der Waals surface area contributed by atoms with E-state index < -0.39 is 11.7 Å². The van der Waals surface area contributed by atoms with E-state index in [1.165, 1.54) is 24.4 Å². The molecule has 0 aromatic heterocycles. The quantitative estimate of drug-likeness (QED) is 0.618. The summed E-state index contributed by atoms with van der Waals surface area (Å²) >= 11 is 8.99. The van der Waals surface area contributed by atoms with Crippen LogP contribution in [-0.2, 0) is 9.63 Å². The minimum atomic E-state index is -0.547. The number of nitrogens with one attached hydrogen (secondary N) is 1. The van der Waals surface area contributed by atoms with Crippen molar-refractivity contribution in [3.05, 3.63) is 63.3 Å². The molecule has 4 nitrogen and oxygen atoms in total. The van der Waals surface area contributed by atoms with E-state index in [-0.39, 0.29) is 11.6 Å². The number of nitrogens with zero attached hydrogens (tertiary/aromatic N) is 1. The number of hydrogen-bond donors (Lipinski definition) is 1. The molecule has 0 unspecified atom stereocenters. The number of amides is 1. The van der Waals surface area contributed by atoms with Gasteiger partial charge in [0.1, 0.15) is 5.82 Å². The molecular weight excluding hydrogens is 375 g/mol. The highest BCUT2D eigenvalue weighted by atomic mass is 79.9. The molecule has 0 aliphatic heterocycles. The van der Waals surface area contributed by atoms with Crippen molar-refractivity contribution < 1.29 is 14.0 Å². The van der Waals surface area contributed by atoms with Crippen LogP contribution in [0.25, 0.3) is 0 Å². The molecule has 0 bridgehead atoms. The fraction of sp³-hybridized carbons (Fsp3) is 0.0667. The van der Waals surface area contributed by atoms with Crippen molar-refractivity contribution in [3.8, 4) is 0 Å². The van der Waals surface area contributed by atoms with Crippen LogP contribution in [0.1, 0.15) is 5.56 Å². The first kappa shape index (κ1) is 16.5. The van der Waals surface area contributed by atoms with Crippen molar-refractivity contribution >= 4 is 45.3 Å². The summed E-state index contributed by atoms with van der Waals surface area (Å²) in [5, 5.41) is 6.17. The number of rotatable bonds is 5. The van der Waals surface area contributed by atoms with Gasteiger partial charge in [-0.15, -0.1) is 0 Å². The van der Waals surface area contributed by atoms with Crippen LogP contribution in [0.2, 0.25) is 5.02 Å². The number of oxime groups is 1. The van der Waals surface area contributed by atoms with E-state index in [4.69, 9.17) is 16.4 Å². The summed E-state index contributed by atoms with van der Waals surface area (Å²) in [5.74, 6) is -0.971. The summed E-state index contributed by atoms with van der Waals surface area (Å²) in [6.45, 7) is -0.268. The van der Waals surface area contributed by atoms with E-state index in [1.54, 1.807) is 0 Å². The molecule has 0 aliphatic rings. The van der Waals surface area contributed by atoms with Crippen molar-refractivity contribution in [1.82, 2.24) is 0 Å². The highest BCUT2D eigenvalue weighted by Gasteiger charge is 2.05. The fourth-order valence-electron chi connectivity index (χ4n) is 1.54. The predicted molar refractivity (Wildman–Crippen MR) is 87.7 cm³/mol. The van der Waals surface area contributed by atoms with Gasteiger partial charge in [0.25, 0.3) is 5.91 Å². The SMILES string of the molecule is O=C(CO/N=C\c1ccccc1Br)Nc1ccc(F)c(Cl)c1. The molecule has 0 atom stereocenters. The van der Waals surface area contributed by atoms with Gasteiger partial charge < -0.3 is 10.2 Å². The summed E-state index contributed by atoms with van der Waals surface area (Å²) in [6.07, 6.45) is 1.49. The summed E-state index contributed by atoms with van der Waals surface area (Å²) < 4.78 is 13.9. The predicted octanol–water partition coefficient (Wildman–Crippen LogP) is 4.23. The molecule has 2 rings (SSSR count). The van der Waals surface area contributed by atoms with Gasteiger partial charge >= 0.3 is 0 Å². The second kappa shape index (κ2) is 7.91. The highest BCUT2D eigenvalue weighted by Crippen LogP contribution is 2.19. The smallest absolute Gasteiger partial charge is 0.265 e. The average Bonchev–Trinajstić information content (AvgIpc) is 2.49. The number of hydrogen-bond acceptors (Lipinski definition) is 3. The lowest BCUT2D eigenvalue weighted by Crippen LogP contribution is -2.17. The van der Waals surface area contributed by atoms with Gasteiger partial charge in [-0.3, -0.25) is 4.79 Å². The standard InChI is InChI=1S/C15H11BrClFN2O2/c16-12-4-2-1-3-10(12)8-19-22-9-15(21)20-11-5-6-14(18)13(17)7-11/h1-8H,9H2,(H,20,21)/b19-8-. The molecule has 114 valence electrons. The van der Waals surface area contributed by atoms with Gasteiger partial charge in [0, 0.05) is 15.7 Å². The Kier molecular flexibility index (Phi) is 5.91. The van der Waals surface area contributed by atoms with Crippen molar-refractivity contribution in [2.75, 3.05) is 11.9 Å². The van der Waals surface area contributed by atoms with Crippen LogP contribution in [0.3, 0.4) is 0 Å². The zero-order valence-electron chi connectivity index (χ0n) is 11.2. The highest BCUT2D eigenvalue weighted by molar-refractivity contribution is 9.10. The molecule has 0 heterocycles. The number of carbonyl (C=O) groups is 1. The topological polar surface area (TPSA) is 50.7 Å². The molecule has 1 amide bonds. The van der Waals surface area contributed by atoms with Crippen molar-refractivity contribution in [1.29, 1.82) is 0 Å². The summed E-state index contributed by atoms with van der Waals surface area (Å²) in [6, 6.07) is 11.3. The minimum Gasteiger partial charge on any atom is -0.386 e. The van der Waals surface area contributed by atoms with E-state index in [0.29, 0.717) is 5.69 Å². The molecule has 0 aliphatic carbocycles. The lowest BCUT2D eigenvalue weighted by atomic mass is 10.2. The number of anilines is 1. The van der Waals surface area contributed by atoms with Gasteiger partial charge in [0.05, 0.1) is 11.2 Å². The average molecular weight is 386 g/mol. The van der Waals surface area contributed by atoms with Crippen molar-refractivity contribution in [2.24, 2.45) is 5.16 Å². The van der Waals surface area contributed by atoms with Crippen molar-refractivity contribution in [3.63, 3.8) is 0 Å². The van der Waals surface area contributed by atoms with E-state index in [9.17, 15) is 9.18 Å². The van der Waals surface area contributed by atoms with Gasteiger partial charge in [-0.05, 0) is 24.3 Å². The van der Waals surface area contributed by atoms with Gasteiger partial charge in [0.2, 0.25) is 0 Å². The largest absolute Gasteiger partial charge is 0.386 e. The molecule has 0 saturated heterocycles. The first-order valence-corrected chi connectivity index (χ1v) is 7.38. The number of benzene rings is 2. The Labute approximate surface area is 140 Å². The molecule has 2 aromatic carbocycles. The molecule has 0 fully saturated rings. The third-order valence-corrected chi connectivity index (χ3v) is 3.58. The summed E-state index contributed by atoms with van der Waals surface area (Å²) in [5.41, 5.74) is 1.21. The van der Waals surface area contributed by atoms with E-state index >= 15 is 0 Å². The third kappa shape index (κ3) is 4.82. The van der Waals surface area contributed by atoms with Gasteiger partial charge in [-0.2, -0.15) is 0 Å². The molecule has 2 aromatic rings. The second-order valence-electron chi connectivity index (χ2n) is 4.21. The lowest BCUT2D eigenvalue weighted by molar-refractivity contribution is -0.120. The zero-order chi connectivity index (χ0) is 15.9. The monoisotopic (exact) mass is 384 g/mol. The summed E-state index contributed by atoms with van der Waals surface area (Å²) in [4.78, 5) is 16.5. The molecular formula is C15H11BrClFN2O2. The van der Waals surface area contributed by atoms with E-state index in [0.717, 1.165) is 10.0 Å². The third-order valence-electron chi connectivity index (χ3n) is 2.57. The Balaban J connectivity index is 1.83. The maximum Gasteiger partial charge on any atom is 0.265 e. The van der Waals surface area contributed by atoms with Gasteiger partial charge in [-0.25, -0.2) is 4.39 Å². The second-order valence-corrected chi connectivity index (χ2v) is 5.47. The Morgan fingerprint density at radius 3 is 2.86 bits per heavy atom. The van der Waals surface area contributed by atoms with Crippen LogP contribution in [0.5, 0.6) is 0 Å². The minimum absolute atomic E-state index is 0.0642. The molecule has 0 saturated carbocycles. The molecule has 7 heteroatoms. The molecule has 0 spiro atoms. The maximum absolute atomic E-state index is 13.0. The number of carbonyl (C=O) groups excluding carboxylic acids is 1. The Morgan fingerprint density at radius 1 is 1.36 bits per heavy atom. The van der Waals surface area contributed by atoms with E-state index in [1.807, 2.05) is 24.3 Å². The Hall–Kier alpha value is -1.92. The van der Waals surface area contributed by atoms with Crippen LogP contribution in [-0.4, -0.2) is 18.7 Å². The Morgan fingerprint density at radius 2 is 2.14 bits per heavy atom. The molecule has 0 radical (unpaired) electrons. The molecule has 22 heavy (non-hydrogen) atoms.